The summed E-state index contributed by atoms with van der Waals surface area (Å²) in [7, 11) is 0. The van der Waals surface area contributed by atoms with Gasteiger partial charge in [-0.3, -0.25) is 9.59 Å². The number of carbonyl (C=O) groups is 2. The van der Waals surface area contributed by atoms with E-state index in [2.05, 4.69) is 20.7 Å². The van der Waals surface area contributed by atoms with Crippen molar-refractivity contribution in [3.8, 4) is 0 Å². The first-order valence-electron chi connectivity index (χ1n) is 9.23. The van der Waals surface area contributed by atoms with E-state index >= 15 is 0 Å². The number of amides is 2. The molecular weight excluding hydrogens is 350 g/mol. The van der Waals surface area contributed by atoms with Gasteiger partial charge in [0.15, 0.2) is 0 Å². The Morgan fingerprint density at radius 3 is 2.85 bits per heavy atom. The molecule has 2 atom stereocenters. The second-order valence-electron chi connectivity index (χ2n) is 7.32. The summed E-state index contributed by atoms with van der Waals surface area (Å²) in [5.74, 6) is 0.771. The van der Waals surface area contributed by atoms with E-state index in [1.165, 1.54) is 6.33 Å². The maximum atomic E-state index is 13.0. The molecule has 10 nitrogen and oxygen atoms in total. The first kappa shape index (κ1) is 17.6. The largest absolute Gasteiger partial charge is 0.361 e. The van der Waals surface area contributed by atoms with Crippen molar-refractivity contribution in [3.05, 3.63) is 23.3 Å². The molecule has 2 aromatic heterocycles. The summed E-state index contributed by atoms with van der Waals surface area (Å²) in [4.78, 5) is 29.4. The van der Waals surface area contributed by atoms with Crippen molar-refractivity contribution in [1.82, 2.24) is 35.2 Å². The molecule has 5 rings (SSSR count). The molecule has 0 spiro atoms. The molecule has 3 fully saturated rings. The van der Waals surface area contributed by atoms with Crippen LogP contribution in [0.25, 0.3) is 0 Å². The molecule has 2 amide bonds. The van der Waals surface area contributed by atoms with Crippen molar-refractivity contribution in [3.63, 3.8) is 0 Å². The van der Waals surface area contributed by atoms with Gasteiger partial charge < -0.3 is 14.3 Å². The maximum Gasteiger partial charge on any atom is 0.228 e. The van der Waals surface area contributed by atoms with E-state index < -0.39 is 0 Å². The normalized spacial score (nSPS) is 22.4. The van der Waals surface area contributed by atoms with Crippen LogP contribution < -0.4 is 0 Å². The van der Waals surface area contributed by atoms with Gasteiger partial charge in [-0.05, 0) is 37.1 Å². The van der Waals surface area contributed by atoms with Crippen LogP contribution >= 0.6 is 0 Å². The van der Waals surface area contributed by atoms with E-state index in [1.54, 1.807) is 4.68 Å². The van der Waals surface area contributed by atoms with Crippen molar-refractivity contribution >= 4 is 11.8 Å². The Morgan fingerprint density at radius 1 is 1.30 bits per heavy atom. The van der Waals surface area contributed by atoms with Crippen LogP contribution in [-0.4, -0.2) is 66.1 Å². The van der Waals surface area contributed by atoms with Crippen molar-refractivity contribution in [2.24, 2.45) is 5.92 Å². The van der Waals surface area contributed by atoms with Gasteiger partial charge in [-0.2, -0.15) is 0 Å². The first-order chi connectivity index (χ1) is 13.0. The molecule has 0 radical (unpaired) electrons. The zero-order chi connectivity index (χ0) is 19.0. The number of nitrogens with zero attached hydrogens (tertiary/aromatic N) is 7. The molecular formula is C17H23N7O3. The molecule has 27 heavy (non-hydrogen) atoms. The lowest BCUT2D eigenvalue weighted by Gasteiger charge is -2.35. The minimum atomic E-state index is -0.138. The quantitative estimate of drug-likeness (QED) is 0.742. The predicted octanol–water partition coefficient (Wildman–Crippen LogP) is 0.318. The Bertz CT molecular complexity index is 812. The highest BCUT2D eigenvalue weighted by Crippen LogP contribution is 2.31. The zero-order valence-electron chi connectivity index (χ0n) is 15.5. The van der Waals surface area contributed by atoms with E-state index in [0.29, 0.717) is 32.6 Å². The molecule has 3 aliphatic rings. The average Bonchev–Trinajstić information content (AvgIpc) is 3.18. The topological polar surface area (TPSA) is 110 Å². The molecule has 2 bridgehead atoms. The van der Waals surface area contributed by atoms with Crippen LogP contribution in [0.1, 0.15) is 36.3 Å². The smallest absolute Gasteiger partial charge is 0.228 e. The van der Waals surface area contributed by atoms with Crippen LogP contribution in [0.2, 0.25) is 0 Å². The van der Waals surface area contributed by atoms with Crippen LogP contribution in [0.3, 0.4) is 0 Å². The number of rotatable bonds is 5. The van der Waals surface area contributed by atoms with Gasteiger partial charge in [-0.1, -0.05) is 5.16 Å². The van der Waals surface area contributed by atoms with Gasteiger partial charge in [0.2, 0.25) is 11.8 Å². The summed E-state index contributed by atoms with van der Waals surface area (Å²) in [6.45, 7) is 5.75. The van der Waals surface area contributed by atoms with E-state index in [9.17, 15) is 9.59 Å². The molecule has 10 heteroatoms. The minimum Gasteiger partial charge on any atom is -0.361 e. The number of tetrazole rings is 1. The lowest BCUT2D eigenvalue weighted by atomic mass is 9.93. The number of aromatic nitrogens is 5. The van der Waals surface area contributed by atoms with Gasteiger partial charge in [0, 0.05) is 31.1 Å². The van der Waals surface area contributed by atoms with Gasteiger partial charge in [0.05, 0.1) is 24.7 Å². The highest BCUT2D eigenvalue weighted by Gasteiger charge is 2.42. The Labute approximate surface area is 156 Å². The summed E-state index contributed by atoms with van der Waals surface area (Å²) >= 11 is 0. The number of piperidine rings is 1. The third-order valence-electron chi connectivity index (χ3n) is 5.60. The van der Waals surface area contributed by atoms with Crippen LogP contribution in [0.4, 0.5) is 0 Å². The molecule has 3 aliphatic heterocycles. The number of hydrogen-bond acceptors (Lipinski definition) is 7. The Hall–Kier alpha value is -2.78. The molecule has 0 aliphatic carbocycles. The summed E-state index contributed by atoms with van der Waals surface area (Å²) in [6.07, 6.45) is 3.56. The van der Waals surface area contributed by atoms with Crippen molar-refractivity contribution in [2.75, 3.05) is 13.1 Å². The SMILES string of the molecule is Cc1noc(C)c1CN1C(=O)[C@H]2CC[C@@H]1CN(C(=O)CCn1cnnn1)C2. The van der Waals surface area contributed by atoms with Crippen LogP contribution in [0, 0.1) is 19.8 Å². The standard InChI is InChI=1S/C17H23N7O3/c1-11-15(12(2)27-19-11)9-24-14-4-3-13(17(24)26)7-22(8-14)16(25)5-6-23-10-18-20-21-23/h10,13-14H,3-9H2,1-2H3/t13-,14+/m0/s1. The van der Waals surface area contributed by atoms with E-state index in [-0.39, 0.29) is 23.8 Å². The lowest BCUT2D eigenvalue weighted by Crippen LogP contribution is -2.47. The van der Waals surface area contributed by atoms with E-state index in [1.807, 2.05) is 23.6 Å². The third-order valence-corrected chi connectivity index (χ3v) is 5.60. The van der Waals surface area contributed by atoms with Gasteiger partial charge in [-0.15, -0.1) is 5.10 Å². The molecule has 0 aromatic carbocycles. The summed E-state index contributed by atoms with van der Waals surface area (Å²) in [6, 6.07) is 0.0296. The van der Waals surface area contributed by atoms with Gasteiger partial charge >= 0.3 is 0 Å². The summed E-state index contributed by atoms with van der Waals surface area (Å²) < 4.78 is 6.78. The number of aryl methyl sites for hydroxylation is 3. The van der Waals surface area contributed by atoms with Crippen LogP contribution in [-0.2, 0) is 22.7 Å². The second kappa shape index (κ2) is 7.09. The molecule has 0 N–H and O–H groups in total. The van der Waals surface area contributed by atoms with Gasteiger partial charge in [0.1, 0.15) is 12.1 Å². The van der Waals surface area contributed by atoms with Crippen LogP contribution in [0.15, 0.2) is 10.9 Å². The number of carbonyl (C=O) groups excluding carboxylic acids is 2. The fourth-order valence-corrected chi connectivity index (χ4v) is 4.00. The average molecular weight is 373 g/mol. The van der Waals surface area contributed by atoms with E-state index in [4.69, 9.17) is 4.52 Å². The Kier molecular flexibility index (Phi) is 4.63. The summed E-state index contributed by atoms with van der Waals surface area (Å²) in [5.41, 5.74) is 1.78. The Morgan fingerprint density at radius 2 is 2.15 bits per heavy atom. The minimum absolute atomic E-state index is 0.0296. The zero-order valence-corrected chi connectivity index (χ0v) is 15.5. The highest BCUT2D eigenvalue weighted by atomic mass is 16.5. The molecule has 0 saturated carbocycles. The maximum absolute atomic E-state index is 13.0. The number of hydrogen-bond donors (Lipinski definition) is 0. The monoisotopic (exact) mass is 373 g/mol. The van der Waals surface area contributed by atoms with Gasteiger partial charge in [-0.25, -0.2) is 4.68 Å². The molecule has 0 unspecified atom stereocenters. The molecule has 3 saturated heterocycles. The third kappa shape index (κ3) is 3.43. The van der Waals surface area contributed by atoms with E-state index in [0.717, 1.165) is 29.9 Å². The molecule has 144 valence electrons. The lowest BCUT2D eigenvalue weighted by molar-refractivity contribution is -0.140. The fraction of sp³-hybridized carbons (Fsp3) is 0.647. The van der Waals surface area contributed by atoms with Crippen molar-refractivity contribution in [1.29, 1.82) is 0 Å². The highest BCUT2D eigenvalue weighted by molar-refractivity contribution is 5.83. The predicted molar refractivity (Wildman–Crippen MR) is 92.1 cm³/mol. The van der Waals surface area contributed by atoms with Gasteiger partial charge in [0.25, 0.3) is 0 Å². The number of fused-ring (bicyclic) bond motifs is 4. The van der Waals surface area contributed by atoms with Crippen LogP contribution in [0.5, 0.6) is 0 Å². The molecule has 2 aromatic rings. The first-order valence-corrected chi connectivity index (χ1v) is 9.23. The fourth-order valence-electron chi connectivity index (χ4n) is 4.00. The summed E-state index contributed by atoms with van der Waals surface area (Å²) in [5, 5.41) is 14.9. The molecule has 5 heterocycles. The van der Waals surface area contributed by atoms with Crippen molar-refractivity contribution < 1.29 is 14.1 Å². The van der Waals surface area contributed by atoms with Crippen molar-refractivity contribution in [2.45, 2.75) is 52.2 Å². The Balaban J connectivity index is 1.46. The second-order valence-corrected chi connectivity index (χ2v) is 7.32.